The minimum Gasteiger partial charge on any atom is -0.0622 e. The standard InChI is InChI=1S/C21H17S/c1-16-21(17-10-4-2-5-11-17)19-14-8-9-15-20(19)22(16)18-12-6-3-7-13-18/h2-15H,1H3/q+1. The molecule has 106 valence electrons. The molecular formula is C21H17S+. The highest BCUT2D eigenvalue weighted by Gasteiger charge is 2.26. The Morgan fingerprint density at radius 3 is 1.95 bits per heavy atom. The summed E-state index contributed by atoms with van der Waals surface area (Å²) in [5.41, 5.74) is 2.72. The van der Waals surface area contributed by atoms with Gasteiger partial charge >= 0.3 is 0 Å². The highest BCUT2D eigenvalue weighted by Crippen LogP contribution is 2.49. The van der Waals surface area contributed by atoms with E-state index in [9.17, 15) is 0 Å². The molecule has 22 heavy (non-hydrogen) atoms. The van der Waals surface area contributed by atoms with Crippen molar-refractivity contribution in [3.8, 4) is 16.0 Å². The third kappa shape index (κ3) is 2.06. The van der Waals surface area contributed by atoms with Crippen LogP contribution in [0.2, 0.25) is 0 Å². The van der Waals surface area contributed by atoms with E-state index in [1.807, 2.05) is 0 Å². The molecule has 0 radical (unpaired) electrons. The molecule has 1 heterocycles. The zero-order valence-electron chi connectivity index (χ0n) is 12.5. The Bertz CT molecular complexity index is 842. The second-order valence-corrected chi connectivity index (χ2v) is 7.55. The predicted octanol–water partition coefficient (Wildman–Crippen LogP) is 6.55. The largest absolute Gasteiger partial charge is 0.187 e. The van der Waals surface area contributed by atoms with Gasteiger partial charge in [-0.1, -0.05) is 60.7 Å². The Morgan fingerprint density at radius 1 is 0.636 bits per heavy atom. The quantitative estimate of drug-likeness (QED) is 0.368. The normalized spacial score (nSPS) is 11.8. The van der Waals surface area contributed by atoms with Gasteiger partial charge in [-0.05, 0) is 29.8 Å². The second kappa shape index (κ2) is 5.43. The highest BCUT2D eigenvalue weighted by molar-refractivity contribution is 7.45. The van der Waals surface area contributed by atoms with Crippen LogP contribution in [0.25, 0.3) is 26.1 Å². The smallest absolute Gasteiger partial charge is 0.0622 e. The first-order chi connectivity index (χ1) is 10.9. The summed E-state index contributed by atoms with van der Waals surface area (Å²) in [5.74, 6) is 0. The lowest BCUT2D eigenvalue weighted by atomic mass is 10.0. The van der Waals surface area contributed by atoms with E-state index in [1.165, 1.54) is 31.0 Å². The molecule has 0 spiro atoms. The first-order valence-corrected chi connectivity index (χ1v) is 8.74. The molecule has 0 N–H and O–H groups in total. The Labute approximate surface area is 133 Å². The summed E-state index contributed by atoms with van der Waals surface area (Å²) in [6.07, 6.45) is 0. The second-order valence-electron chi connectivity index (χ2n) is 5.41. The van der Waals surface area contributed by atoms with Gasteiger partial charge in [0.2, 0.25) is 0 Å². The number of benzene rings is 3. The van der Waals surface area contributed by atoms with Crippen molar-refractivity contribution >= 4 is 20.6 Å². The Kier molecular flexibility index (Phi) is 3.28. The number of rotatable bonds is 2. The lowest BCUT2D eigenvalue weighted by molar-refractivity contribution is 1.59. The van der Waals surface area contributed by atoms with Gasteiger partial charge in [0, 0.05) is 28.3 Å². The molecule has 0 saturated carbocycles. The van der Waals surface area contributed by atoms with Crippen molar-refractivity contribution in [2.24, 2.45) is 0 Å². The Balaban J connectivity index is 2.10. The molecule has 1 unspecified atom stereocenters. The molecule has 4 rings (SSSR count). The molecule has 3 aromatic carbocycles. The van der Waals surface area contributed by atoms with Gasteiger partial charge in [-0.3, -0.25) is 0 Å². The average Bonchev–Trinajstić information content (AvgIpc) is 2.88. The van der Waals surface area contributed by atoms with Gasteiger partial charge in [0.1, 0.15) is 0 Å². The lowest BCUT2D eigenvalue weighted by Gasteiger charge is -1.98. The minimum absolute atomic E-state index is 0.0387. The van der Waals surface area contributed by atoms with Gasteiger partial charge in [-0.25, -0.2) is 0 Å². The van der Waals surface area contributed by atoms with Crippen molar-refractivity contribution in [2.75, 3.05) is 0 Å². The van der Waals surface area contributed by atoms with Crippen LogP contribution in [0.3, 0.4) is 0 Å². The van der Waals surface area contributed by atoms with Crippen LogP contribution in [-0.4, -0.2) is 0 Å². The maximum absolute atomic E-state index is 2.29. The van der Waals surface area contributed by atoms with Crippen molar-refractivity contribution < 1.29 is 0 Å². The van der Waals surface area contributed by atoms with Gasteiger partial charge in [0.05, 0.1) is 0 Å². The highest BCUT2D eigenvalue weighted by atomic mass is 32.2. The molecule has 0 saturated heterocycles. The molecule has 0 fully saturated rings. The van der Waals surface area contributed by atoms with Crippen LogP contribution >= 0.6 is 10.5 Å². The van der Waals surface area contributed by atoms with Crippen molar-refractivity contribution in [1.29, 1.82) is 0 Å². The fourth-order valence-electron chi connectivity index (χ4n) is 3.13. The topological polar surface area (TPSA) is 0 Å². The summed E-state index contributed by atoms with van der Waals surface area (Å²) in [5, 5.41) is 1.39. The van der Waals surface area contributed by atoms with Crippen LogP contribution in [0, 0.1) is 6.92 Å². The van der Waals surface area contributed by atoms with E-state index < -0.39 is 0 Å². The summed E-state index contributed by atoms with van der Waals surface area (Å²) in [6.45, 7) is 2.29. The molecule has 0 bridgehead atoms. The van der Waals surface area contributed by atoms with Gasteiger partial charge in [0.15, 0.2) is 14.5 Å². The van der Waals surface area contributed by atoms with Crippen LogP contribution in [-0.2, 0) is 0 Å². The third-order valence-corrected chi connectivity index (χ3v) is 6.43. The molecule has 1 aromatic heterocycles. The fourth-order valence-corrected chi connectivity index (χ4v) is 5.53. The van der Waals surface area contributed by atoms with Crippen LogP contribution in [0.15, 0.2) is 84.9 Å². The number of hydrogen-bond donors (Lipinski definition) is 0. The van der Waals surface area contributed by atoms with E-state index in [1.54, 1.807) is 0 Å². The summed E-state index contributed by atoms with van der Waals surface area (Å²) in [6, 6.07) is 30.5. The molecule has 0 amide bonds. The molecule has 0 aliphatic carbocycles. The number of hydrogen-bond acceptors (Lipinski definition) is 0. The van der Waals surface area contributed by atoms with Crippen LogP contribution in [0.5, 0.6) is 0 Å². The first kappa shape index (κ1) is 13.3. The van der Waals surface area contributed by atoms with Crippen LogP contribution in [0.4, 0.5) is 0 Å². The lowest BCUT2D eigenvalue weighted by Crippen LogP contribution is -1.77. The van der Waals surface area contributed by atoms with Crippen molar-refractivity contribution in [3.05, 3.63) is 89.8 Å². The Hall–Kier alpha value is -2.38. The van der Waals surface area contributed by atoms with Gasteiger partial charge in [-0.2, -0.15) is 0 Å². The van der Waals surface area contributed by atoms with E-state index in [0.29, 0.717) is 0 Å². The van der Waals surface area contributed by atoms with E-state index in [2.05, 4.69) is 91.9 Å². The summed E-state index contributed by atoms with van der Waals surface area (Å²) < 4.78 is 1.45. The monoisotopic (exact) mass is 301 g/mol. The molecule has 0 aliphatic rings. The molecular weight excluding hydrogens is 284 g/mol. The summed E-state index contributed by atoms with van der Waals surface area (Å²) >= 11 is 0. The van der Waals surface area contributed by atoms with Crippen LogP contribution in [0.1, 0.15) is 4.88 Å². The van der Waals surface area contributed by atoms with E-state index in [4.69, 9.17) is 0 Å². The molecule has 1 atom stereocenters. The maximum Gasteiger partial charge on any atom is 0.187 e. The zero-order valence-corrected chi connectivity index (χ0v) is 13.3. The van der Waals surface area contributed by atoms with Gasteiger partial charge in [0.25, 0.3) is 0 Å². The van der Waals surface area contributed by atoms with Crippen molar-refractivity contribution in [1.82, 2.24) is 0 Å². The van der Waals surface area contributed by atoms with Gasteiger partial charge < -0.3 is 0 Å². The summed E-state index contributed by atoms with van der Waals surface area (Å²) in [4.78, 5) is 2.87. The predicted molar refractivity (Wildman–Crippen MR) is 97.9 cm³/mol. The fraction of sp³-hybridized carbons (Fsp3) is 0.0476. The van der Waals surface area contributed by atoms with E-state index >= 15 is 0 Å². The Morgan fingerprint density at radius 2 is 1.23 bits per heavy atom. The van der Waals surface area contributed by atoms with Crippen molar-refractivity contribution in [2.45, 2.75) is 6.92 Å². The first-order valence-electron chi connectivity index (χ1n) is 7.51. The molecule has 1 heteroatoms. The van der Waals surface area contributed by atoms with E-state index in [-0.39, 0.29) is 10.5 Å². The SMILES string of the molecule is Cc1c(-c2ccccc2)c2ccccc2[s+]1-c1ccccc1. The number of thiophene rings is 1. The van der Waals surface area contributed by atoms with Gasteiger partial charge in [-0.15, -0.1) is 0 Å². The maximum atomic E-state index is 2.29. The summed E-state index contributed by atoms with van der Waals surface area (Å²) in [7, 11) is 0.0387. The molecule has 0 nitrogen and oxygen atoms in total. The minimum atomic E-state index is 0.0387. The molecule has 0 aliphatic heterocycles. The average molecular weight is 301 g/mol. The zero-order chi connectivity index (χ0) is 14.9. The van der Waals surface area contributed by atoms with Crippen LogP contribution < -0.4 is 0 Å². The molecule has 4 aromatic rings. The number of fused-ring (bicyclic) bond motifs is 1. The van der Waals surface area contributed by atoms with Crippen molar-refractivity contribution in [3.63, 3.8) is 0 Å². The van der Waals surface area contributed by atoms with E-state index in [0.717, 1.165) is 0 Å². The third-order valence-electron chi connectivity index (χ3n) is 4.08.